The van der Waals surface area contributed by atoms with Gasteiger partial charge in [0.15, 0.2) is 0 Å². The second-order valence-electron chi connectivity index (χ2n) is 7.06. The van der Waals surface area contributed by atoms with E-state index in [0.29, 0.717) is 17.2 Å². The molecule has 2 fully saturated rings. The number of aliphatic hydroxyl groups is 2. The molecule has 0 aliphatic carbocycles. The van der Waals surface area contributed by atoms with Gasteiger partial charge in [-0.05, 0) is 25.9 Å². The van der Waals surface area contributed by atoms with Gasteiger partial charge in [0.2, 0.25) is 0 Å². The van der Waals surface area contributed by atoms with Crippen molar-refractivity contribution < 1.29 is 29.2 Å². The standard InChI is InChI=1S/C19H29N3O6/c1-26-13-7-12(8-14(9-13)27-2)21-19(25)20-10-15-17(22-5-3-4-6-22)18(24)16(11-23)28-15/h7-9,15-18,23-24H,3-6,10-11H2,1-2H3,(H2,20,21,25). The topological polar surface area (TPSA) is 113 Å². The fourth-order valence-electron chi connectivity index (χ4n) is 3.88. The lowest BCUT2D eigenvalue weighted by molar-refractivity contribution is -0.0205. The largest absolute Gasteiger partial charge is 0.497 e. The first-order valence-electron chi connectivity index (χ1n) is 9.52. The van der Waals surface area contributed by atoms with Crippen LogP contribution in [-0.2, 0) is 4.74 Å². The van der Waals surface area contributed by atoms with Crippen molar-refractivity contribution in [3.63, 3.8) is 0 Å². The first kappa shape index (κ1) is 20.7. The van der Waals surface area contributed by atoms with Crippen LogP contribution in [0.3, 0.4) is 0 Å². The van der Waals surface area contributed by atoms with E-state index in [-0.39, 0.29) is 19.2 Å². The van der Waals surface area contributed by atoms with Crippen LogP contribution in [0.4, 0.5) is 10.5 Å². The molecule has 0 radical (unpaired) electrons. The normalized spacial score (nSPS) is 27.6. The Hall–Kier alpha value is -2.07. The summed E-state index contributed by atoms with van der Waals surface area (Å²) in [5.74, 6) is 1.13. The molecule has 4 N–H and O–H groups in total. The second-order valence-corrected chi connectivity index (χ2v) is 7.06. The van der Waals surface area contributed by atoms with Crippen LogP contribution in [0, 0.1) is 0 Å². The third-order valence-corrected chi connectivity index (χ3v) is 5.28. The highest BCUT2D eigenvalue weighted by Gasteiger charge is 2.46. The highest BCUT2D eigenvalue weighted by atomic mass is 16.5. The van der Waals surface area contributed by atoms with Crippen molar-refractivity contribution in [1.29, 1.82) is 0 Å². The number of amides is 2. The van der Waals surface area contributed by atoms with E-state index in [2.05, 4.69) is 15.5 Å². The molecule has 0 bridgehead atoms. The number of methoxy groups -OCH3 is 2. The van der Waals surface area contributed by atoms with Gasteiger partial charge in [-0.25, -0.2) is 4.79 Å². The van der Waals surface area contributed by atoms with Crippen LogP contribution in [0.2, 0.25) is 0 Å². The molecule has 2 aliphatic rings. The third kappa shape index (κ3) is 4.67. The molecule has 28 heavy (non-hydrogen) atoms. The first-order valence-corrected chi connectivity index (χ1v) is 9.52. The lowest BCUT2D eigenvalue weighted by Gasteiger charge is -2.30. The molecule has 4 unspecified atom stereocenters. The molecule has 0 aromatic heterocycles. The molecule has 3 rings (SSSR count). The molecule has 0 spiro atoms. The van der Waals surface area contributed by atoms with Crippen LogP contribution in [0.25, 0.3) is 0 Å². The molecule has 4 atom stereocenters. The van der Waals surface area contributed by atoms with Gasteiger partial charge in [0, 0.05) is 30.4 Å². The average molecular weight is 395 g/mol. The number of likely N-dealkylation sites (tertiary alicyclic amines) is 1. The minimum absolute atomic E-state index is 0.224. The lowest BCUT2D eigenvalue weighted by Crippen LogP contribution is -2.50. The molecule has 1 aromatic rings. The van der Waals surface area contributed by atoms with Crippen molar-refractivity contribution in [3.8, 4) is 11.5 Å². The molecule has 2 saturated heterocycles. The summed E-state index contributed by atoms with van der Waals surface area (Å²) in [5, 5.41) is 25.5. The van der Waals surface area contributed by atoms with Crippen molar-refractivity contribution in [2.75, 3.05) is 45.8 Å². The Labute approximate surface area is 164 Å². The van der Waals surface area contributed by atoms with Crippen molar-refractivity contribution in [1.82, 2.24) is 10.2 Å². The second kappa shape index (κ2) is 9.42. The number of aliphatic hydroxyl groups excluding tert-OH is 2. The minimum atomic E-state index is -0.777. The zero-order valence-corrected chi connectivity index (χ0v) is 16.3. The molecule has 2 aliphatic heterocycles. The van der Waals surface area contributed by atoms with Gasteiger partial charge < -0.3 is 35.1 Å². The average Bonchev–Trinajstić information content (AvgIpc) is 3.33. The molecule has 1 aromatic carbocycles. The quantitative estimate of drug-likeness (QED) is 0.529. The Balaban J connectivity index is 1.60. The number of ether oxygens (including phenoxy) is 3. The van der Waals surface area contributed by atoms with Crippen LogP contribution < -0.4 is 20.1 Å². The molecule has 156 valence electrons. The van der Waals surface area contributed by atoms with Crippen LogP contribution in [0.15, 0.2) is 18.2 Å². The molecule has 0 saturated carbocycles. The summed E-state index contributed by atoms with van der Waals surface area (Å²) < 4.78 is 16.2. The van der Waals surface area contributed by atoms with Gasteiger partial charge in [-0.15, -0.1) is 0 Å². The summed E-state index contributed by atoms with van der Waals surface area (Å²) in [7, 11) is 3.08. The molecule has 9 heteroatoms. The lowest BCUT2D eigenvalue weighted by atomic mass is 10.0. The monoisotopic (exact) mass is 395 g/mol. The zero-order valence-electron chi connectivity index (χ0n) is 16.3. The number of benzene rings is 1. The fraction of sp³-hybridized carbons (Fsp3) is 0.632. The Morgan fingerprint density at radius 3 is 2.39 bits per heavy atom. The van der Waals surface area contributed by atoms with Crippen molar-refractivity contribution >= 4 is 11.7 Å². The van der Waals surface area contributed by atoms with E-state index in [9.17, 15) is 15.0 Å². The first-order chi connectivity index (χ1) is 13.5. The van der Waals surface area contributed by atoms with Crippen LogP contribution in [0.1, 0.15) is 12.8 Å². The Morgan fingerprint density at radius 1 is 1.18 bits per heavy atom. The van der Waals surface area contributed by atoms with Crippen LogP contribution in [-0.4, -0.2) is 86.0 Å². The minimum Gasteiger partial charge on any atom is -0.497 e. The van der Waals surface area contributed by atoms with E-state index in [4.69, 9.17) is 14.2 Å². The number of anilines is 1. The molecular weight excluding hydrogens is 366 g/mol. The molecular formula is C19H29N3O6. The van der Waals surface area contributed by atoms with E-state index in [1.54, 1.807) is 18.2 Å². The van der Waals surface area contributed by atoms with E-state index < -0.39 is 24.3 Å². The Bertz CT molecular complexity index is 645. The number of urea groups is 1. The maximum Gasteiger partial charge on any atom is 0.319 e. The molecule has 2 amide bonds. The SMILES string of the molecule is COc1cc(NC(=O)NCC2OC(CO)C(O)C2N2CCCC2)cc(OC)c1. The predicted octanol–water partition coefficient (Wildman–Crippen LogP) is 0.410. The predicted molar refractivity (Wildman–Crippen MR) is 103 cm³/mol. The zero-order chi connectivity index (χ0) is 20.1. The number of nitrogens with zero attached hydrogens (tertiary/aromatic N) is 1. The number of nitrogens with one attached hydrogen (secondary N) is 2. The summed E-state index contributed by atoms with van der Waals surface area (Å²) in [6.07, 6.45) is 0.343. The van der Waals surface area contributed by atoms with Gasteiger partial charge in [-0.1, -0.05) is 0 Å². The van der Waals surface area contributed by atoms with Crippen molar-refractivity contribution in [3.05, 3.63) is 18.2 Å². The summed E-state index contributed by atoms with van der Waals surface area (Å²) in [6.45, 7) is 1.74. The van der Waals surface area contributed by atoms with E-state index >= 15 is 0 Å². The fourth-order valence-corrected chi connectivity index (χ4v) is 3.88. The highest BCUT2D eigenvalue weighted by molar-refractivity contribution is 5.89. The van der Waals surface area contributed by atoms with Gasteiger partial charge in [-0.2, -0.15) is 0 Å². The van der Waals surface area contributed by atoms with Crippen molar-refractivity contribution in [2.24, 2.45) is 0 Å². The van der Waals surface area contributed by atoms with Gasteiger partial charge >= 0.3 is 6.03 Å². The maximum atomic E-state index is 12.3. The number of hydrogen-bond acceptors (Lipinski definition) is 7. The molecule has 9 nitrogen and oxygen atoms in total. The number of hydrogen-bond donors (Lipinski definition) is 4. The van der Waals surface area contributed by atoms with Gasteiger partial charge in [0.1, 0.15) is 23.7 Å². The Morgan fingerprint density at radius 2 is 1.82 bits per heavy atom. The Kier molecular flexibility index (Phi) is 6.95. The summed E-state index contributed by atoms with van der Waals surface area (Å²) in [5.41, 5.74) is 0.533. The number of rotatable bonds is 7. The smallest absolute Gasteiger partial charge is 0.319 e. The van der Waals surface area contributed by atoms with Gasteiger partial charge in [-0.3, -0.25) is 4.90 Å². The van der Waals surface area contributed by atoms with E-state index in [1.165, 1.54) is 14.2 Å². The van der Waals surface area contributed by atoms with Gasteiger partial charge in [0.25, 0.3) is 0 Å². The van der Waals surface area contributed by atoms with Gasteiger partial charge in [0.05, 0.1) is 33.0 Å². The number of carbonyl (C=O) groups is 1. The summed E-state index contributed by atoms with van der Waals surface area (Å²) in [6, 6.07) is 4.45. The van der Waals surface area contributed by atoms with E-state index in [1.807, 2.05) is 0 Å². The summed E-state index contributed by atoms with van der Waals surface area (Å²) >= 11 is 0. The number of carbonyl (C=O) groups excluding carboxylic acids is 1. The van der Waals surface area contributed by atoms with Crippen molar-refractivity contribution in [2.45, 2.75) is 37.2 Å². The maximum absolute atomic E-state index is 12.3. The van der Waals surface area contributed by atoms with Crippen LogP contribution in [0.5, 0.6) is 11.5 Å². The highest BCUT2D eigenvalue weighted by Crippen LogP contribution is 2.28. The van der Waals surface area contributed by atoms with E-state index in [0.717, 1.165) is 25.9 Å². The summed E-state index contributed by atoms with van der Waals surface area (Å²) in [4.78, 5) is 14.5. The van der Waals surface area contributed by atoms with Crippen LogP contribution >= 0.6 is 0 Å². The third-order valence-electron chi connectivity index (χ3n) is 5.28. The molecule has 2 heterocycles.